The van der Waals surface area contributed by atoms with Crippen molar-refractivity contribution < 1.29 is 0 Å². The van der Waals surface area contributed by atoms with Crippen LogP contribution in [0.3, 0.4) is 0 Å². The highest BCUT2D eigenvalue weighted by Crippen LogP contribution is 2.21. The first-order chi connectivity index (χ1) is 8.20. The number of H-pyrrole nitrogens is 1. The van der Waals surface area contributed by atoms with E-state index in [1.54, 1.807) is 24.4 Å². The lowest BCUT2D eigenvalue weighted by Crippen LogP contribution is -2.01. The van der Waals surface area contributed by atoms with E-state index in [-0.39, 0.29) is 0 Å². The zero-order valence-corrected chi connectivity index (χ0v) is 10.0. The molecule has 1 heterocycles. The number of anilines is 1. The first kappa shape index (κ1) is 11.5. The van der Waals surface area contributed by atoms with Crippen LogP contribution in [-0.2, 0) is 6.54 Å². The summed E-state index contributed by atoms with van der Waals surface area (Å²) in [6.45, 7) is 2.56. The van der Waals surface area contributed by atoms with Gasteiger partial charge in [-0.25, -0.2) is 0 Å². The Kier molecular flexibility index (Phi) is 3.31. The lowest BCUT2D eigenvalue weighted by Gasteiger charge is -2.07. The minimum Gasteiger partial charge on any atom is -0.380 e. The van der Waals surface area contributed by atoms with Crippen LogP contribution in [0.2, 0.25) is 5.02 Å². The second-order valence-electron chi connectivity index (χ2n) is 3.68. The van der Waals surface area contributed by atoms with E-state index < -0.39 is 0 Å². The maximum absolute atomic E-state index is 8.97. The number of aromatic nitrogens is 2. The fourth-order valence-corrected chi connectivity index (χ4v) is 1.68. The molecule has 4 nitrogen and oxygen atoms in total. The van der Waals surface area contributed by atoms with Crippen molar-refractivity contribution in [2.24, 2.45) is 0 Å². The molecule has 1 aromatic heterocycles. The van der Waals surface area contributed by atoms with Crippen LogP contribution >= 0.6 is 11.6 Å². The second-order valence-corrected chi connectivity index (χ2v) is 4.11. The summed E-state index contributed by atoms with van der Waals surface area (Å²) in [6, 6.07) is 7.27. The van der Waals surface area contributed by atoms with Gasteiger partial charge in [0, 0.05) is 22.8 Å². The number of nitriles is 1. The Morgan fingerprint density at radius 2 is 2.35 bits per heavy atom. The van der Waals surface area contributed by atoms with Crippen molar-refractivity contribution >= 4 is 17.3 Å². The van der Waals surface area contributed by atoms with Crippen molar-refractivity contribution in [1.82, 2.24) is 10.2 Å². The minimum absolute atomic E-state index is 0.579. The van der Waals surface area contributed by atoms with Gasteiger partial charge in [-0.05, 0) is 25.1 Å². The predicted molar refractivity (Wildman–Crippen MR) is 66.8 cm³/mol. The molecule has 0 unspecified atom stereocenters. The van der Waals surface area contributed by atoms with Crippen LogP contribution in [0, 0.1) is 18.3 Å². The van der Waals surface area contributed by atoms with Crippen molar-refractivity contribution in [1.29, 1.82) is 5.26 Å². The molecule has 0 spiro atoms. The molecule has 0 amide bonds. The van der Waals surface area contributed by atoms with Gasteiger partial charge in [0.25, 0.3) is 0 Å². The fourth-order valence-electron chi connectivity index (χ4n) is 1.50. The van der Waals surface area contributed by atoms with Gasteiger partial charge in [0.2, 0.25) is 0 Å². The second kappa shape index (κ2) is 4.89. The van der Waals surface area contributed by atoms with Crippen molar-refractivity contribution in [3.8, 4) is 6.07 Å². The van der Waals surface area contributed by atoms with Crippen molar-refractivity contribution in [3.05, 3.63) is 46.2 Å². The van der Waals surface area contributed by atoms with Gasteiger partial charge in [-0.3, -0.25) is 5.10 Å². The third kappa shape index (κ3) is 2.58. The molecule has 0 radical (unpaired) electrons. The predicted octanol–water partition coefficient (Wildman–Crippen LogP) is 2.86. The first-order valence-electron chi connectivity index (χ1n) is 5.13. The van der Waals surface area contributed by atoms with E-state index in [9.17, 15) is 0 Å². The number of hydrogen-bond donors (Lipinski definition) is 2. The van der Waals surface area contributed by atoms with Crippen LogP contribution in [0.5, 0.6) is 0 Å². The minimum atomic E-state index is 0.579. The Morgan fingerprint density at radius 1 is 1.53 bits per heavy atom. The summed E-state index contributed by atoms with van der Waals surface area (Å²) in [5.74, 6) is 0. The summed E-state index contributed by atoms with van der Waals surface area (Å²) in [5, 5.41) is 19.6. The van der Waals surface area contributed by atoms with Gasteiger partial charge in [0.1, 0.15) is 6.07 Å². The summed E-state index contributed by atoms with van der Waals surface area (Å²) in [7, 11) is 0. The van der Waals surface area contributed by atoms with E-state index >= 15 is 0 Å². The Morgan fingerprint density at radius 3 is 3.00 bits per heavy atom. The van der Waals surface area contributed by atoms with Crippen LogP contribution in [0.4, 0.5) is 5.69 Å². The number of benzene rings is 1. The maximum Gasteiger partial charge on any atom is 0.101 e. The van der Waals surface area contributed by atoms with E-state index in [2.05, 4.69) is 21.6 Å². The average molecular weight is 247 g/mol. The van der Waals surface area contributed by atoms with Crippen LogP contribution < -0.4 is 5.32 Å². The molecule has 0 saturated heterocycles. The molecule has 2 rings (SSSR count). The number of aromatic amines is 1. The zero-order chi connectivity index (χ0) is 12.3. The smallest absolute Gasteiger partial charge is 0.101 e. The standard InChI is InChI=1S/C12H11ClN4/c1-8-10(7-16-17-8)6-15-12-4-11(13)3-2-9(12)5-14/h2-4,7,15H,6H2,1H3,(H,16,17). The van der Waals surface area contributed by atoms with E-state index in [4.69, 9.17) is 16.9 Å². The highest BCUT2D eigenvalue weighted by molar-refractivity contribution is 6.30. The molecule has 17 heavy (non-hydrogen) atoms. The Labute approximate surface area is 104 Å². The molecule has 0 atom stereocenters. The van der Waals surface area contributed by atoms with E-state index in [1.165, 1.54) is 0 Å². The van der Waals surface area contributed by atoms with Gasteiger partial charge in [-0.1, -0.05) is 11.6 Å². The van der Waals surface area contributed by atoms with Gasteiger partial charge in [0.15, 0.2) is 0 Å². The SMILES string of the molecule is Cc1[nH]ncc1CNc1cc(Cl)ccc1C#N. The third-order valence-corrected chi connectivity index (χ3v) is 2.74. The van der Waals surface area contributed by atoms with Crippen LogP contribution in [0.25, 0.3) is 0 Å². The summed E-state index contributed by atoms with van der Waals surface area (Å²) in [5.41, 5.74) is 3.39. The summed E-state index contributed by atoms with van der Waals surface area (Å²) >= 11 is 5.90. The summed E-state index contributed by atoms with van der Waals surface area (Å²) in [6.07, 6.45) is 1.76. The molecule has 0 fully saturated rings. The number of hydrogen-bond acceptors (Lipinski definition) is 3. The number of nitrogens with one attached hydrogen (secondary N) is 2. The molecular weight excluding hydrogens is 236 g/mol. The quantitative estimate of drug-likeness (QED) is 0.875. The van der Waals surface area contributed by atoms with Crippen LogP contribution in [0.1, 0.15) is 16.8 Å². The molecule has 0 saturated carbocycles. The lowest BCUT2D eigenvalue weighted by atomic mass is 10.2. The normalized spacial score (nSPS) is 9.94. The lowest BCUT2D eigenvalue weighted by molar-refractivity contribution is 1.04. The topological polar surface area (TPSA) is 64.5 Å². The number of rotatable bonds is 3. The van der Waals surface area contributed by atoms with Gasteiger partial charge in [0.05, 0.1) is 17.4 Å². The van der Waals surface area contributed by atoms with Crippen molar-refractivity contribution in [3.63, 3.8) is 0 Å². The van der Waals surface area contributed by atoms with Crippen LogP contribution in [0.15, 0.2) is 24.4 Å². The van der Waals surface area contributed by atoms with E-state index in [0.717, 1.165) is 16.9 Å². The van der Waals surface area contributed by atoms with Gasteiger partial charge >= 0.3 is 0 Å². The fraction of sp³-hybridized carbons (Fsp3) is 0.167. The first-order valence-corrected chi connectivity index (χ1v) is 5.51. The molecule has 86 valence electrons. The van der Waals surface area contributed by atoms with E-state index in [0.29, 0.717) is 17.1 Å². The molecule has 1 aromatic carbocycles. The zero-order valence-electron chi connectivity index (χ0n) is 9.29. The highest BCUT2D eigenvalue weighted by Gasteiger charge is 2.04. The third-order valence-electron chi connectivity index (χ3n) is 2.51. The Hall–Kier alpha value is -1.99. The Balaban J connectivity index is 2.17. The molecule has 2 aromatic rings. The molecule has 2 N–H and O–H groups in total. The molecule has 5 heteroatoms. The number of aryl methyl sites for hydroxylation is 1. The van der Waals surface area contributed by atoms with Gasteiger partial charge < -0.3 is 5.32 Å². The molecule has 0 aliphatic heterocycles. The molecule has 0 bridgehead atoms. The summed E-state index contributed by atoms with van der Waals surface area (Å²) in [4.78, 5) is 0. The summed E-state index contributed by atoms with van der Waals surface area (Å²) < 4.78 is 0. The average Bonchev–Trinajstić information content (AvgIpc) is 2.72. The monoisotopic (exact) mass is 246 g/mol. The number of nitrogens with zero attached hydrogens (tertiary/aromatic N) is 2. The highest BCUT2D eigenvalue weighted by atomic mass is 35.5. The molecule has 0 aliphatic carbocycles. The van der Waals surface area contributed by atoms with E-state index in [1.807, 2.05) is 6.92 Å². The van der Waals surface area contributed by atoms with Crippen molar-refractivity contribution in [2.45, 2.75) is 13.5 Å². The van der Waals surface area contributed by atoms with Crippen molar-refractivity contribution in [2.75, 3.05) is 5.32 Å². The Bertz CT molecular complexity index is 568. The van der Waals surface area contributed by atoms with Gasteiger partial charge in [-0.15, -0.1) is 0 Å². The maximum atomic E-state index is 8.97. The largest absolute Gasteiger partial charge is 0.380 e. The molecular formula is C12H11ClN4. The van der Waals surface area contributed by atoms with Crippen LogP contribution in [-0.4, -0.2) is 10.2 Å². The number of halogens is 1. The van der Waals surface area contributed by atoms with Gasteiger partial charge in [-0.2, -0.15) is 10.4 Å². The molecule has 0 aliphatic rings.